The lowest BCUT2D eigenvalue weighted by Gasteiger charge is -2.33. The molecule has 1 aromatic carbocycles. The molecule has 1 aromatic heterocycles. The van der Waals surface area contributed by atoms with E-state index in [9.17, 15) is 19.7 Å². The highest BCUT2D eigenvalue weighted by Gasteiger charge is 2.32. The molecule has 0 aliphatic rings. The second kappa shape index (κ2) is 5.87. The lowest BCUT2D eigenvalue weighted by molar-refractivity contribution is -0.384. The zero-order valence-electron chi connectivity index (χ0n) is 12.4. The number of non-ortho nitro benzene ring substituents is 1. The molecule has 0 unspecified atom stereocenters. The van der Waals surface area contributed by atoms with Gasteiger partial charge in [0.2, 0.25) is 0 Å². The van der Waals surface area contributed by atoms with Crippen molar-refractivity contribution in [2.24, 2.45) is 0 Å². The summed E-state index contributed by atoms with van der Waals surface area (Å²) in [6.45, 7) is 5.11. The average Bonchev–Trinajstić information content (AvgIpc) is 3.28. The monoisotopic (exact) mass is 327 g/mol. The number of benzene rings is 1. The first-order valence-corrected chi connectivity index (χ1v) is 6.32. The highest BCUT2D eigenvalue weighted by molar-refractivity contribution is 5.89. The van der Waals surface area contributed by atoms with Gasteiger partial charge < -0.3 is 0 Å². The van der Waals surface area contributed by atoms with Gasteiger partial charge in [0.25, 0.3) is 5.69 Å². The van der Waals surface area contributed by atoms with Gasteiger partial charge in [-0.2, -0.15) is 0 Å². The predicted molar refractivity (Wildman–Crippen MR) is 72.7 cm³/mol. The third-order valence-corrected chi connectivity index (χ3v) is 2.65. The average molecular weight is 327 g/mol. The van der Waals surface area contributed by atoms with Crippen LogP contribution in [0.5, 0.6) is 0 Å². The zero-order chi connectivity index (χ0) is 17.2. The fraction of sp³-hybridized carbons (Fsp3) is 0.333. The molecule has 1 amide bonds. The Bertz CT molecular complexity index is 694. The number of rotatable bonds is 2. The van der Waals surface area contributed by atoms with E-state index in [2.05, 4.69) is 19.1 Å². The third kappa shape index (κ3) is 3.90. The molecule has 2 rings (SSSR count). The topological polar surface area (TPSA) is 130 Å². The first-order chi connectivity index (χ1) is 10.7. The van der Waals surface area contributed by atoms with Crippen molar-refractivity contribution in [2.75, 3.05) is 4.90 Å². The van der Waals surface area contributed by atoms with Crippen molar-refractivity contribution in [3.8, 4) is 0 Å². The van der Waals surface area contributed by atoms with Crippen molar-refractivity contribution >= 4 is 23.6 Å². The van der Waals surface area contributed by atoms with Crippen LogP contribution in [-0.4, -0.2) is 27.6 Å². The van der Waals surface area contributed by atoms with Gasteiger partial charge in [-0.1, -0.05) is 0 Å². The van der Waals surface area contributed by atoms with Gasteiger partial charge in [0.15, 0.2) is 0 Å². The largest absolute Gasteiger partial charge is 0.527 e. The molecule has 0 aliphatic carbocycles. The van der Waals surface area contributed by atoms with E-state index in [1.807, 2.05) is 0 Å². The molecular formula is C12H13N3O8. The minimum absolute atomic E-state index is 0.127. The Morgan fingerprint density at radius 2 is 1.74 bits per heavy atom. The summed E-state index contributed by atoms with van der Waals surface area (Å²) in [7, 11) is 0. The Hall–Kier alpha value is -3.24. The number of amides is 1. The maximum Gasteiger partial charge on any atom is 0.527 e. The summed E-state index contributed by atoms with van der Waals surface area (Å²) in [5.41, 5.74) is -0.562. The van der Waals surface area contributed by atoms with Crippen molar-refractivity contribution in [2.45, 2.75) is 26.3 Å². The Balaban J connectivity index is 2.16. The molecule has 0 aliphatic heterocycles. The normalized spacial score (nSPS) is 11.1. The van der Waals surface area contributed by atoms with Crippen molar-refractivity contribution in [1.82, 2.24) is 4.91 Å². The first kappa shape index (κ1) is 16.1. The lowest BCUT2D eigenvalue weighted by atomic mass is 10.1. The number of carbonyl (C=O) groups is 2. The zero-order valence-corrected chi connectivity index (χ0v) is 12.4. The van der Waals surface area contributed by atoms with Gasteiger partial charge >= 0.3 is 12.2 Å². The minimum Gasteiger partial charge on any atom is -0.270 e. The number of hydrogen-bond acceptors (Lipinski definition) is 8. The number of nitrogens with zero attached hydrogens (tertiary/aromatic N) is 3. The number of nitro benzene ring substituents is 1. The highest BCUT2D eigenvalue weighted by Crippen LogP contribution is 2.27. The molecule has 0 fully saturated rings. The molecule has 11 nitrogen and oxygen atoms in total. The van der Waals surface area contributed by atoms with Crippen molar-refractivity contribution in [3.63, 3.8) is 0 Å². The quantitative estimate of drug-likeness (QED) is 0.467. The molecule has 0 radical (unpaired) electrons. The fourth-order valence-corrected chi connectivity index (χ4v) is 1.71. The highest BCUT2D eigenvalue weighted by atomic mass is 17.3. The Morgan fingerprint density at radius 1 is 1.17 bits per heavy atom. The number of anilines is 1. The Kier molecular flexibility index (Phi) is 4.12. The summed E-state index contributed by atoms with van der Waals surface area (Å²) >= 11 is 0. The number of aromatic nitrogens is 1. The van der Waals surface area contributed by atoms with E-state index in [0.29, 0.717) is 10.6 Å². The molecule has 1 heterocycles. The van der Waals surface area contributed by atoms with Gasteiger partial charge in [0.05, 0.1) is 4.92 Å². The van der Waals surface area contributed by atoms with E-state index in [1.165, 1.54) is 24.3 Å². The van der Waals surface area contributed by atoms with Gasteiger partial charge in [-0.15, -0.1) is 9.36 Å². The van der Waals surface area contributed by atoms with Crippen LogP contribution in [-0.2, 0) is 9.78 Å². The van der Waals surface area contributed by atoms with Gasteiger partial charge in [-0.05, 0) is 32.9 Å². The summed E-state index contributed by atoms with van der Waals surface area (Å²) in [5, 5.41) is 10.7. The molecule has 124 valence electrons. The summed E-state index contributed by atoms with van der Waals surface area (Å²) in [4.78, 5) is 43.5. The molecule has 11 heteroatoms. The number of nitro groups is 1. The smallest absolute Gasteiger partial charge is 0.270 e. The van der Waals surface area contributed by atoms with Crippen molar-refractivity contribution < 1.29 is 33.7 Å². The van der Waals surface area contributed by atoms with Crippen LogP contribution in [0.4, 0.5) is 21.0 Å². The maximum absolute atomic E-state index is 12.1. The number of hydrogen-bond donors (Lipinski definition) is 0. The molecule has 0 atom stereocenters. The number of carbonyl (C=O) groups excluding carboxylic acids is 2. The molecular weight excluding hydrogens is 314 g/mol. The molecule has 0 saturated heterocycles. The standard InChI is InChI=1S/C12H13N3O8/c1-12(2,3)13(8-4-6-9(7-5-8)14(18)19)10(16)20-21-11(17)15-22-23-15/h4-7H,1-3H3. The van der Waals surface area contributed by atoms with E-state index in [-0.39, 0.29) is 5.69 Å². The van der Waals surface area contributed by atoms with Gasteiger partial charge in [-0.3, -0.25) is 15.0 Å². The Labute approximate surface area is 128 Å². The van der Waals surface area contributed by atoms with Crippen LogP contribution in [0.3, 0.4) is 0 Å². The van der Waals surface area contributed by atoms with E-state index in [4.69, 9.17) is 0 Å². The first-order valence-electron chi connectivity index (χ1n) is 6.32. The third-order valence-electron chi connectivity index (χ3n) is 2.65. The summed E-state index contributed by atoms with van der Waals surface area (Å²) in [6.07, 6.45) is -2.17. The molecule has 0 bridgehead atoms. The molecule has 2 aromatic rings. The Morgan fingerprint density at radius 3 is 2.17 bits per heavy atom. The second-order valence-corrected chi connectivity index (χ2v) is 5.38. The van der Waals surface area contributed by atoms with E-state index in [1.54, 1.807) is 20.8 Å². The maximum atomic E-state index is 12.1. The van der Waals surface area contributed by atoms with Gasteiger partial charge in [0.1, 0.15) is 4.91 Å². The van der Waals surface area contributed by atoms with Crippen LogP contribution in [0.1, 0.15) is 20.8 Å². The summed E-state index contributed by atoms with van der Waals surface area (Å²) in [6, 6.07) is 5.24. The molecule has 0 spiro atoms. The van der Waals surface area contributed by atoms with Crippen molar-refractivity contribution in [3.05, 3.63) is 34.4 Å². The predicted octanol–water partition coefficient (Wildman–Crippen LogP) is 2.92. The van der Waals surface area contributed by atoms with Crippen LogP contribution in [0.15, 0.2) is 33.6 Å². The fourth-order valence-electron chi connectivity index (χ4n) is 1.71. The van der Waals surface area contributed by atoms with Crippen LogP contribution in [0.2, 0.25) is 0 Å². The summed E-state index contributed by atoms with van der Waals surface area (Å²) in [5.74, 6) is 0. The molecule has 23 heavy (non-hydrogen) atoms. The van der Waals surface area contributed by atoms with Crippen LogP contribution >= 0.6 is 0 Å². The summed E-state index contributed by atoms with van der Waals surface area (Å²) < 4.78 is 8.08. The van der Waals surface area contributed by atoms with E-state index in [0.717, 1.165) is 4.90 Å². The second-order valence-electron chi connectivity index (χ2n) is 5.38. The van der Waals surface area contributed by atoms with Crippen LogP contribution in [0, 0.1) is 10.1 Å². The van der Waals surface area contributed by atoms with Crippen molar-refractivity contribution in [1.29, 1.82) is 0 Å². The minimum atomic E-state index is -1.17. The van der Waals surface area contributed by atoms with Gasteiger partial charge in [0, 0.05) is 23.4 Å². The molecule has 0 saturated carbocycles. The lowest BCUT2D eigenvalue weighted by Crippen LogP contribution is -2.46. The van der Waals surface area contributed by atoms with Crippen LogP contribution < -0.4 is 4.90 Å². The SMILES string of the molecule is CC(C)(C)N(C(=O)OOC(=O)n1oo1)c1ccc([N+](=O)[O-])cc1. The molecule has 0 N–H and O–H groups in total. The van der Waals surface area contributed by atoms with Crippen LogP contribution in [0.25, 0.3) is 0 Å². The van der Waals surface area contributed by atoms with Gasteiger partial charge in [-0.25, -0.2) is 19.4 Å². The van der Waals surface area contributed by atoms with E-state index >= 15 is 0 Å². The van der Waals surface area contributed by atoms with E-state index < -0.39 is 22.6 Å².